The van der Waals surface area contributed by atoms with Gasteiger partial charge in [-0.2, -0.15) is 5.11 Å². The summed E-state index contributed by atoms with van der Waals surface area (Å²) in [5, 5.41) is 8.91. The molecule has 264 valence electrons. The molecule has 0 radical (unpaired) electrons. The monoisotopic (exact) mass is 682 g/mol. The Bertz CT molecular complexity index is 1460. The number of fused-ring (bicyclic) bond motifs is 2. The van der Waals surface area contributed by atoms with Gasteiger partial charge in [-0.1, -0.05) is 18.2 Å². The van der Waals surface area contributed by atoms with E-state index in [1.807, 2.05) is 6.07 Å². The minimum atomic E-state index is -0.650. The zero-order valence-corrected chi connectivity index (χ0v) is 27.4. The van der Waals surface area contributed by atoms with Gasteiger partial charge in [-0.05, 0) is 24.3 Å². The van der Waals surface area contributed by atoms with Crippen LogP contribution in [0.2, 0.25) is 0 Å². The Balaban J connectivity index is 1.41. The number of azo groups is 1. The van der Waals surface area contributed by atoms with Crippen molar-refractivity contribution >= 4 is 17.3 Å². The van der Waals surface area contributed by atoms with Crippen LogP contribution < -0.4 is 23.7 Å². The van der Waals surface area contributed by atoms with Crippen molar-refractivity contribution in [3.63, 3.8) is 0 Å². The molecule has 2 aliphatic heterocycles. The molecule has 0 unspecified atom stereocenters. The van der Waals surface area contributed by atoms with Gasteiger partial charge in [0.25, 0.3) is 0 Å². The fraction of sp³-hybridized carbons (Fsp3) is 0.457. The molecule has 0 aliphatic carbocycles. The summed E-state index contributed by atoms with van der Waals surface area (Å²) in [4.78, 5) is 13.5. The number of carbonyl (C=O) groups is 1. The normalized spacial score (nSPS) is 17.9. The highest BCUT2D eigenvalue weighted by molar-refractivity contribution is 5.97. The molecule has 3 aromatic rings. The first-order valence-corrected chi connectivity index (χ1v) is 16.2. The molecule has 0 aromatic heterocycles. The van der Waals surface area contributed by atoms with Crippen LogP contribution in [0, 0.1) is 0 Å². The van der Waals surface area contributed by atoms with Crippen LogP contribution in [-0.4, -0.2) is 112 Å². The van der Waals surface area contributed by atoms with Gasteiger partial charge in [0.05, 0.1) is 90.5 Å². The first kappa shape index (κ1) is 36.0. The molecular weight excluding hydrogens is 640 g/mol. The van der Waals surface area contributed by atoms with E-state index in [2.05, 4.69) is 10.2 Å². The van der Waals surface area contributed by atoms with E-state index in [9.17, 15) is 4.79 Å². The van der Waals surface area contributed by atoms with E-state index >= 15 is 0 Å². The summed E-state index contributed by atoms with van der Waals surface area (Å²) in [6.07, 6.45) is 0. The van der Waals surface area contributed by atoms with Crippen LogP contribution in [0.25, 0.3) is 0 Å². The van der Waals surface area contributed by atoms with Crippen molar-refractivity contribution in [3.8, 4) is 28.7 Å². The Morgan fingerprint density at radius 2 is 0.918 bits per heavy atom. The summed E-state index contributed by atoms with van der Waals surface area (Å²) in [7, 11) is 0. The summed E-state index contributed by atoms with van der Waals surface area (Å²) in [6.45, 7) is 6.01. The van der Waals surface area contributed by atoms with E-state index in [4.69, 9.17) is 52.1 Å². The average molecular weight is 683 g/mol. The molecule has 0 atom stereocenters. The lowest BCUT2D eigenvalue weighted by molar-refractivity contribution is 0.00708. The van der Waals surface area contributed by atoms with Crippen LogP contribution in [0.15, 0.2) is 70.9 Å². The molecule has 3 aromatic carbocycles. The van der Waals surface area contributed by atoms with Gasteiger partial charge in [0.15, 0.2) is 23.0 Å². The zero-order chi connectivity index (χ0) is 33.8. The third-order valence-corrected chi connectivity index (χ3v) is 6.87. The predicted molar refractivity (Wildman–Crippen MR) is 175 cm³/mol. The van der Waals surface area contributed by atoms with Gasteiger partial charge < -0.3 is 52.1 Å². The number of nitrogens with zero attached hydrogens (tertiary/aromatic N) is 2. The maximum absolute atomic E-state index is 13.5. The Labute approximate surface area is 285 Å². The lowest BCUT2D eigenvalue weighted by atomic mass is 10.1. The van der Waals surface area contributed by atoms with Crippen LogP contribution in [0.4, 0.5) is 11.4 Å². The molecule has 0 saturated heterocycles. The Morgan fingerprint density at radius 3 is 1.45 bits per heavy atom. The van der Waals surface area contributed by atoms with Gasteiger partial charge in [-0.3, -0.25) is 0 Å². The number of ether oxygens (including phenoxy) is 11. The summed E-state index contributed by atoms with van der Waals surface area (Å²) < 4.78 is 62.9. The summed E-state index contributed by atoms with van der Waals surface area (Å²) in [5.74, 6) is 1.37. The first-order chi connectivity index (χ1) is 24.3. The first-order valence-electron chi connectivity index (χ1n) is 16.2. The average Bonchev–Trinajstić information content (AvgIpc) is 3.13. The van der Waals surface area contributed by atoms with Crippen LogP contribution >= 0.6 is 0 Å². The van der Waals surface area contributed by atoms with E-state index in [1.54, 1.807) is 48.5 Å². The minimum absolute atomic E-state index is 0.119. The fourth-order valence-corrected chi connectivity index (χ4v) is 4.50. The Morgan fingerprint density at radius 1 is 0.469 bits per heavy atom. The highest BCUT2D eigenvalue weighted by atomic mass is 16.6. The third kappa shape index (κ3) is 12.6. The van der Waals surface area contributed by atoms with Crippen molar-refractivity contribution in [1.29, 1.82) is 0 Å². The molecule has 14 heteroatoms. The van der Waals surface area contributed by atoms with Crippen molar-refractivity contribution in [2.45, 2.75) is 0 Å². The molecule has 2 aliphatic rings. The Hall–Kier alpha value is -4.31. The van der Waals surface area contributed by atoms with Gasteiger partial charge in [-0.25, -0.2) is 4.79 Å². The lowest BCUT2D eigenvalue weighted by Gasteiger charge is -2.16. The number of para-hydroxylation sites is 1. The number of benzene rings is 3. The highest BCUT2D eigenvalue weighted by Gasteiger charge is 2.21. The van der Waals surface area contributed by atoms with E-state index in [0.29, 0.717) is 120 Å². The molecule has 0 bridgehead atoms. The van der Waals surface area contributed by atoms with E-state index in [1.165, 1.54) is 6.07 Å². The second-order valence-electron chi connectivity index (χ2n) is 10.4. The second kappa shape index (κ2) is 20.9. The molecule has 2 heterocycles. The standard InChI is InChI=1S/C35H42N2O12/c38-35(49-28-4-2-1-3-5-28)29-25-33-34(48-23-19-44-15-11-40-10-14-43-18-22-47-33)26-30(29)37-36-27-6-7-31-32(24-27)46-21-17-42-13-9-39-8-12-41-16-20-45-31/h1-7,24-26H,8-23H2. The summed E-state index contributed by atoms with van der Waals surface area (Å²) in [5.41, 5.74) is 0.774. The molecular formula is C35H42N2O12. The van der Waals surface area contributed by atoms with Crippen molar-refractivity contribution < 1.29 is 56.9 Å². The molecule has 49 heavy (non-hydrogen) atoms. The Kier molecular flexibility index (Phi) is 15.4. The molecule has 0 amide bonds. The van der Waals surface area contributed by atoms with Gasteiger partial charge in [0.2, 0.25) is 0 Å². The zero-order valence-electron chi connectivity index (χ0n) is 27.4. The van der Waals surface area contributed by atoms with Crippen LogP contribution in [0.1, 0.15) is 10.4 Å². The molecule has 5 rings (SSSR count). The van der Waals surface area contributed by atoms with E-state index < -0.39 is 5.97 Å². The van der Waals surface area contributed by atoms with Crippen LogP contribution in [0.5, 0.6) is 28.7 Å². The fourth-order valence-electron chi connectivity index (χ4n) is 4.50. The molecule has 0 N–H and O–H groups in total. The van der Waals surface area contributed by atoms with Gasteiger partial charge in [0.1, 0.15) is 37.9 Å². The number of hydrogen-bond acceptors (Lipinski definition) is 14. The minimum Gasteiger partial charge on any atom is -0.487 e. The second-order valence-corrected chi connectivity index (χ2v) is 10.4. The van der Waals surface area contributed by atoms with Crippen LogP contribution in [0.3, 0.4) is 0 Å². The van der Waals surface area contributed by atoms with Crippen LogP contribution in [-0.2, 0) is 28.4 Å². The molecule has 0 saturated carbocycles. The van der Waals surface area contributed by atoms with Gasteiger partial charge >= 0.3 is 5.97 Å². The van der Waals surface area contributed by atoms with Gasteiger partial charge in [0, 0.05) is 18.2 Å². The molecule has 14 nitrogen and oxygen atoms in total. The third-order valence-electron chi connectivity index (χ3n) is 6.87. The molecule has 0 spiro atoms. The summed E-state index contributed by atoms with van der Waals surface area (Å²) >= 11 is 0. The van der Waals surface area contributed by atoms with E-state index in [-0.39, 0.29) is 31.1 Å². The lowest BCUT2D eigenvalue weighted by Crippen LogP contribution is -2.13. The number of hydrogen-bond donors (Lipinski definition) is 0. The molecule has 0 fully saturated rings. The van der Waals surface area contributed by atoms with E-state index in [0.717, 1.165) is 0 Å². The number of carbonyl (C=O) groups excluding carboxylic acids is 1. The van der Waals surface area contributed by atoms with Gasteiger partial charge in [-0.15, -0.1) is 5.11 Å². The smallest absolute Gasteiger partial charge is 0.345 e. The maximum atomic E-state index is 13.5. The SMILES string of the molecule is O=C(Oc1ccccc1)c1cc2c(cc1N=Nc1ccc3c(c1)OCCOCCOCCOCCO3)OCCOCCOCCOCCO2. The predicted octanol–water partition coefficient (Wildman–Crippen LogP) is 4.96. The topological polar surface area (TPSA) is 143 Å². The van der Waals surface area contributed by atoms with Crippen molar-refractivity contribution in [2.24, 2.45) is 10.2 Å². The van der Waals surface area contributed by atoms with Crippen molar-refractivity contribution in [2.75, 3.05) is 106 Å². The quantitative estimate of drug-likeness (QED) is 0.208. The summed E-state index contributed by atoms with van der Waals surface area (Å²) in [6, 6.07) is 17.0. The number of esters is 1. The van der Waals surface area contributed by atoms with Crippen molar-refractivity contribution in [1.82, 2.24) is 0 Å². The van der Waals surface area contributed by atoms with Crippen molar-refractivity contribution in [3.05, 3.63) is 66.2 Å². The largest absolute Gasteiger partial charge is 0.487 e. The number of rotatable bonds is 4. The highest BCUT2D eigenvalue weighted by Crippen LogP contribution is 2.38. The maximum Gasteiger partial charge on any atom is 0.345 e.